The fraction of sp³-hybridized carbons (Fsp3) is 0.643. The van der Waals surface area contributed by atoms with Gasteiger partial charge in [0.2, 0.25) is 5.88 Å². The van der Waals surface area contributed by atoms with Crippen LogP contribution in [0, 0.1) is 0 Å². The van der Waals surface area contributed by atoms with Crippen molar-refractivity contribution in [3.63, 3.8) is 0 Å². The number of hydrogen-bond acceptors (Lipinski definition) is 4. The fourth-order valence-electron chi connectivity index (χ4n) is 2.37. The molecule has 0 saturated carbocycles. The summed E-state index contributed by atoms with van der Waals surface area (Å²) in [4.78, 5) is 6.74. The minimum absolute atomic E-state index is 0.683. The van der Waals surface area contributed by atoms with Crippen LogP contribution in [0.3, 0.4) is 0 Å². The molecular weight excluding hydrogens is 226 g/mol. The Labute approximate surface area is 109 Å². The minimum atomic E-state index is 0.683. The first-order valence-corrected chi connectivity index (χ1v) is 6.76. The van der Waals surface area contributed by atoms with E-state index < -0.39 is 0 Å². The van der Waals surface area contributed by atoms with Gasteiger partial charge in [-0.3, -0.25) is 4.90 Å². The van der Waals surface area contributed by atoms with E-state index in [9.17, 15) is 0 Å². The Morgan fingerprint density at radius 2 is 2.33 bits per heavy atom. The van der Waals surface area contributed by atoms with Gasteiger partial charge in [0, 0.05) is 44.5 Å². The molecule has 100 valence electrons. The van der Waals surface area contributed by atoms with Crippen LogP contribution in [-0.2, 0) is 6.54 Å². The van der Waals surface area contributed by atoms with Gasteiger partial charge in [-0.05, 0) is 18.4 Å². The largest absolute Gasteiger partial charge is 0.481 e. The molecule has 1 aliphatic rings. The first kappa shape index (κ1) is 13.3. The summed E-state index contributed by atoms with van der Waals surface area (Å²) in [5.74, 6) is 0.683. The summed E-state index contributed by atoms with van der Waals surface area (Å²) >= 11 is 0. The second-order valence-corrected chi connectivity index (χ2v) is 4.83. The van der Waals surface area contributed by atoms with E-state index in [1.54, 1.807) is 7.11 Å². The van der Waals surface area contributed by atoms with Crippen molar-refractivity contribution in [2.45, 2.75) is 32.4 Å². The Bertz CT molecular complexity index is 353. The molecule has 0 bridgehead atoms. The number of pyridine rings is 1. The Morgan fingerprint density at radius 1 is 1.44 bits per heavy atom. The molecule has 4 nitrogen and oxygen atoms in total. The molecular formula is C14H23N3O. The molecule has 0 amide bonds. The van der Waals surface area contributed by atoms with Crippen molar-refractivity contribution in [1.82, 2.24) is 15.2 Å². The summed E-state index contributed by atoms with van der Waals surface area (Å²) in [5, 5.41) is 3.59. The van der Waals surface area contributed by atoms with Gasteiger partial charge in [0.05, 0.1) is 7.11 Å². The predicted molar refractivity (Wildman–Crippen MR) is 72.8 cm³/mol. The number of hydrogen-bond donors (Lipinski definition) is 1. The molecule has 0 aliphatic carbocycles. The monoisotopic (exact) mass is 249 g/mol. The lowest BCUT2D eigenvalue weighted by Crippen LogP contribution is -2.29. The molecule has 1 saturated heterocycles. The summed E-state index contributed by atoms with van der Waals surface area (Å²) < 4.78 is 5.07. The lowest BCUT2D eigenvalue weighted by molar-refractivity contribution is 0.281. The van der Waals surface area contributed by atoms with Crippen LogP contribution in [0.15, 0.2) is 18.3 Å². The summed E-state index contributed by atoms with van der Waals surface area (Å²) in [7, 11) is 1.65. The summed E-state index contributed by atoms with van der Waals surface area (Å²) in [5.41, 5.74) is 1.26. The van der Waals surface area contributed by atoms with Crippen molar-refractivity contribution < 1.29 is 4.74 Å². The highest BCUT2D eigenvalue weighted by molar-refractivity contribution is 5.17. The van der Waals surface area contributed by atoms with Crippen LogP contribution in [0.1, 0.15) is 25.3 Å². The second kappa shape index (κ2) is 6.71. The average Bonchev–Trinajstić information content (AvgIpc) is 2.65. The van der Waals surface area contributed by atoms with Crippen molar-refractivity contribution >= 4 is 0 Å². The van der Waals surface area contributed by atoms with E-state index in [0.717, 1.165) is 26.2 Å². The Hall–Kier alpha value is -1.13. The zero-order valence-electron chi connectivity index (χ0n) is 11.4. The number of nitrogens with one attached hydrogen (secondary N) is 1. The number of methoxy groups -OCH3 is 1. The van der Waals surface area contributed by atoms with E-state index in [0.29, 0.717) is 11.9 Å². The molecule has 1 aromatic rings. The van der Waals surface area contributed by atoms with Crippen LogP contribution in [0.5, 0.6) is 5.88 Å². The topological polar surface area (TPSA) is 37.4 Å². The molecule has 0 radical (unpaired) electrons. The quantitative estimate of drug-likeness (QED) is 0.880. The van der Waals surface area contributed by atoms with Crippen molar-refractivity contribution in [3.8, 4) is 5.88 Å². The highest BCUT2D eigenvalue weighted by Gasteiger charge is 2.14. The molecule has 0 aromatic carbocycles. The maximum atomic E-state index is 5.07. The highest BCUT2D eigenvalue weighted by atomic mass is 16.5. The first-order chi connectivity index (χ1) is 8.81. The molecule has 18 heavy (non-hydrogen) atoms. The van der Waals surface area contributed by atoms with Crippen molar-refractivity contribution in [3.05, 3.63) is 23.9 Å². The molecule has 4 heteroatoms. The molecule has 1 N–H and O–H groups in total. The van der Waals surface area contributed by atoms with Crippen molar-refractivity contribution in [2.75, 3.05) is 26.7 Å². The molecule has 1 aliphatic heterocycles. The third-order valence-corrected chi connectivity index (χ3v) is 3.56. The van der Waals surface area contributed by atoms with Gasteiger partial charge < -0.3 is 10.1 Å². The SMILES string of the molecule is CCC1CCN(Cc2ccc(OC)nc2)CCN1. The summed E-state index contributed by atoms with van der Waals surface area (Å²) in [6.45, 7) is 6.60. The predicted octanol–water partition coefficient (Wildman–Crippen LogP) is 1.66. The zero-order chi connectivity index (χ0) is 12.8. The first-order valence-electron chi connectivity index (χ1n) is 6.76. The molecule has 1 fully saturated rings. The number of nitrogens with zero attached hydrogens (tertiary/aromatic N) is 2. The Kier molecular flexibility index (Phi) is 4.96. The molecule has 2 heterocycles. The third kappa shape index (κ3) is 3.68. The summed E-state index contributed by atoms with van der Waals surface area (Å²) in [6.07, 6.45) is 4.37. The van der Waals surface area contributed by atoms with E-state index in [1.165, 1.54) is 18.4 Å². The molecule has 1 aromatic heterocycles. The standard InChI is InChI=1S/C14H23N3O/c1-3-13-6-8-17(9-7-15-13)11-12-4-5-14(18-2)16-10-12/h4-5,10,13,15H,3,6-9,11H2,1-2H3. The van der Waals surface area contributed by atoms with E-state index in [2.05, 4.69) is 28.2 Å². The van der Waals surface area contributed by atoms with Gasteiger partial charge in [0.1, 0.15) is 0 Å². The Morgan fingerprint density at radius 3 is 3.00 bits per heavy atom. The van der Waals surface area contributed by atoms with Crippen LogP contribution in [-0.4, -0.2) is 42.7 Å². The maximum absolute atomic E-state index is 5.07. The third-order valence-electron chi connectivity index (χ3n) is 3.56. The normalized spacial score (nSPS) is 21.6. The van der Waals surface area contributed by atoms with Crippen LogP contribution in [0.4, 0.5) is 0 Å². The number of rotatable bonds is 4. The molecule has 2 rings (SSSR count). The lowest BCUT2D eigenvalue weighted by atomic mass is 10.1. The van der Waals surface area contributed by atoms with Gasteiger partial charge in [0.15, 0.2) is 0 Å². The zero-order valence-corrected chi connectivity index (χ0v) is 11.4. The lowest BCUT2D eigenvalue weighted by Gasteiger charge is -2.19. The van der Waals surface area contributed by atoms with E-state index in [-0.39, 0.29) is 0 Å². The van der Waals surface area contributed by atoms with Crippen LogP contribution in [0.2, 0.25) is 0 Å². The van der Waals surface area contributed by atoms with Gasteiger partial charge in [-0.25, -0.2) is 4.98 Å². The molecule has 1 atom stereocenters. The molecule has 1 unspecified atom stereocenters. The summed E-state index contributed by atoms with van der Waals surface area (Å²) in [6, 6.07) is 4.71. The van der Waals surface area contributed by atoms with E-state index >= 15 is 0 Å². The maximum Gasteiger partial charge on any atom is 0.212 e. The van der Waals surface area contributed by atoms with Gasteiger partial charge in [0.25, 0.3) is 0 Å². The average molecular weight is 249 g/mol. The fourth-order valence-corrected chi connectivity index (χ4v) is 2.37. The van der Waals surface area contributed by atoms with Gasteiger partial charge in [-0.2, -0.15) is 0 Å². The van der Waals surface area contributed by atoms with Crippen LogP contribution < -0.4 is 10.1 Å². The van der Waals surface area contributed by atoms with E-state index in [4.69, 9.17) is 4.74 Å². The van der Waals surface area contributed by atoms with Gasteiger partial charge in [-0.15, -0.1) is 0 Å². The Balaban J connectivity index is 1.88. The number of ether oxygens (including phenoxy) is 1. The number of aromatic nitrogens is 1. The van der Waals surface area contributed by atoms with Crippen molar-refractivity contribution in [1.29, 1.82) is 0 Å². The highest BCUT2D eigenvalue weighted by Crippen LogP contribution is 2.11. The van der Waals surface area contributed by atoms with Crippen LogP contribution in [0.25, 0.3) is 0 Å². The second-order valence-electron chi connectivity index (χ2n) is 4.83. The minimum Gasteiger partial charge on any atom is -0.481 e. The van der Waals surface area contributed by atoms with Gasteiger partial charge >= 0.3 is 0 Å². The molecule has 0 spiro atoms. The smallest absolute Gasteiger partial charge is 0.212 e. The van der Waals surface area contributed by atoms with E-state index in [1.807, 2.05) is 12.3 Å². The van der Waals surface area contributed by atoms with Crippen molar-refractivity contribution in [2.24, 2.45) is 0 Å². The van der Waals surface area contributed by atoms with Crippen LogP contribution >= 0.6 is 0 Å². The van der Waals surface area contributed by atoms with Gasteiger partial charge in [-0.1, -0.05) is 13.0 Å².